The number of hydrogen-bond acceptors (Lipinski definition) is 9. The monoisotopic (exact) mass is 454 g/mol. The molecule has 3 amide bonds. The SMILES string of the molecule is CN1C(=O)N(Cc2ccccc2)C(=O)C2C1N=C(N=Nc1c(O)n(C)c(=O)n(C)c1=O)N2C. The number of urea groups is 1. The number of amides is 3. The van der Waals surface area contributed by atoms with Gasteiger partial charge in [0.25, 0.3) is 11.5 Å². The molecule has 13 nitrogen and oxygen atoms in total. The van der Waals surface area contributed by atoms with Gasteiger partial charge >= 0.3 is 11.7 Å². The lowest BCUT2D eigenvalue weighted by molar-refractivity contribution is -0.137. The number of aromatic hydroxyl groups is 1. The van der Waals surface area contributed by atoms with Crippen molar-refractivity contribution in [1.29, 1.82) is 0 Å². The number of aliphatic imine (C=N–C) groups is 1. The molecule has 0 spiro atoms. The Balaban J connectivity index is 1.64. The number of guanidine groups is 1. The average molecular weight is 454 g/mol. The molecule has 0 aliphatic carbocycles. The minimum Gasteiger partial charge on any atom is -0.493 e. The van der Waals surface area contributed by atoms with E-state index in [1.54, 1.807) is 7.05 Å². The Morgan fingerprint density at radius 1 is 0.939 bits per heavy atom. The molecular weight excluding hydrogens is 432 g/mol. The summed E-state index contributed by atoms with van der Waals surface area (Å²) in [5.74, 6) is -1.10. The zero-order valence-corrected chi connectivity index (χ0v) is 18.4. The highest BCUT2D eigenvalue weighted by molar-refractivity contribution is 6.03. The van der Waals surface area contributed by atoms with Gasteiger partial charge in [-0.15, -0.1) is 10.2 Å². The van der Waals surface area contributed by atoms with Gasteiger partial charge in [-0.05, 0) is 5.56 Å². The molecule has 1 N–H and O–H groups in total. The highest BCUT2D eigenvalue weighted by Gasteiger charge is 2.51. The third kappa shape index (κ3) is 3.46. The Hall–Kier alpha value is -4.29. The van der Waals surface area contributed by atoms with Crippen molar-refractivity contribution in [2.45, 2.75) is 18.8 Å². The standard InChI is InChI=1S/C20H22N8O5/c1-24-13-14(25(2)20(33)28(17(13)31)10-11-8-6-5-7-9-11)21-18(24)23-22-12-15(29)26(3)19(32)27(4)16(12)30/h5-9,13-14,29H,10H2,1-4H3. The molecule has 33 heavy (non-hydrogen) atoms. The van der Waals surface area contributed by atoms with E-state index in [4.69, 9.17) is 0 Å². The summed E-state index contributed by atoms with van der Waals surface area (Å²) in [6.45, 7) is 0.110. The Morgan fingerprint density at radius 2 is 1.61 bits per heavy atom. The molecule has 1 saturated heterocycles. The molecule has 0 radical (unpaired) electrons. The second kappa shape index (κ2) is 8.00. The van der Waals surface area contributed by atoms with E-state index in [9.17, 15) is 24.3 Å². The number of aromatic nitrogens is 2. The van der Waals surface area contributed by atoms with E-state index >= 15 is 0 Å². The maximum atomic E-state index is 13.2. The zero-order chi connectivity index (χ0) is 24.0. The quantitative estimate of drug-likeness (QED) is 0.645. The summed E-state index contributed by atoms with van der Waals surface area (Å²) in [7, 11) is 5.64. The van der Waals surface area contributed by atoms with Crippen molar-refractivity contribution in [2.24, 2.45) is 29.3 Å². The van der Waals surface area contributed by atoms with Crippen LogP contribution in [0, 0.1) is 0 Å². The fourth-order valence-corrected chi connectivity index (χ4v) is 3.76. The summed E-state index contributed by atoms with van der Waals surface area (Å²) in [4.78, 5) is 58.6. The number of nitrogens with zero attached hydrogens (tertiary/aromatic N) is 8. The van der Waals surface area contributed by atoms with Gasteiger partial charge in [0.2, 0.25) is 17.5 Å². The topological polar surface area (TPSA) is 145 Å². The first-order valence-electron chi connectivity index (χ1n) is 9.97. The summed E-state index contributed by atoms with van der Waals surface area (Å²) in [6.07, 6.45) is -0.826. The first kappa shape index (κ1) is 21.9. The van der Waals surface area contributed by atoms with Crippen LogP contribution in [0.15, 0.2) is 55.1 Å². The smallest absolute Gasteiger partial charge is 0.333 e. The lowest BCUT2D eigenvalue weighted by Crippen LogP contribution is -2.64. The minimum absolute atomic E-state index is 0.00475. The van der Waals surface area contributed by atoms with E-state index in [2.05, 4.69) is 15.2 Å². The number of fused-ring (bicyclic) bond motifs is 1. The molecule has 172 valence electrons. The second-order valence-electron chi connectivity index (χ2n) is 7.78. The largest absolute Gasteiger partial charge is 0.493 e. The van der Waals surface area contributed by atoms with Crippen LogP contribution in [-0.2, 0) is 25.4 Å². The number of carbonyl (C=O) groups is 2. The van der Waals surface area contributed by atoms with Gasteiger partial charge in [-0.2, -0.15) is 0 Å². The molecule has 13 heteroatoms. The first-order chi connectivity index (χ1) is 15.6. The molecule has 0 saturated carbocycles. The highest BCUT2D eigenvalue weighted by atomic mass is 16.3. The van der Waals surface area contributed by atoms with E-state index in [1.807, 2.05) is 30.3 Å². The van der Waals surface area contributed by atoms with Crippen molar-refractivity contribution in [3.8, 4) is 5.88 Å². The summed E-state index contributed by atoms with van der Waals surface area (Å²) in [6, 6.07) is 7.80. The third-order valence-corrected chi connectivity index (χ3v) is 5.74. The van der Waals surface area contributed by atoms with Crippen LogP contribution in [-0.4, -0.2) is 73.1 Å². The lowest BCUT2D eigenvalue weighted by Gasteiger charge is -2.40. The molecule has 2 aromatic rings. The van der Waals surface area contributed by atoms with Crippen molar-refractivity contribution in [3.63, 3.8) is 0 Å². The predicted molar refractivity (Wildman–Crippen MR) is 116 cm³/mol. The summed E-state index contributed by atoms with van der Waals surface area (Å²) in [5, 5.41) is 17.9. The Morgan fingerprint density at radius 3 is 2.27 bits per heavy atom. The van der Waals surface area contributed by atoms with Crippen LogP contribution in [0.3, 0.4) is 0 Å². The van der Waals surface area contributed by atoms with Crippen molar-refractivity contribution in [3.05, 3.63) is 56.7 Å². The number of likely N-dealkylation sites (N-methyl/N-ethyl adjacent to an activating group) is 2. The van der Waals surface area contributed by atoms with Crippen LogP contribution in [0.4, 0.5) is 10.5 Å². The molecule has 2 atom stereocenters. The normalized spacial score (nSPS) is 20.6. The van der Waals surface area contributed by atoms with E-state index in [0.717, 1.165) is 19.6 Å². The molecule has 1 aromatic heterocycles. The van der Waals surface area contributed by atoms with Crippen molar-refractivity contribution >= 4 is 23.6 Å². The molecule has 2 aliphatic heterocycles. The average Bonchev–Trinajstić information content (AvgIpc) is 3.15. The number of imide groups is 1. The number of benzene rings is 1. The number of azo groups is 1. The van der Waals surface area contributed by atoms with E-state index < -0.39 is 47.0 Å². The molecule has 3 heterocycles. The maximum Gasteiger partial charge on any atom is 0.333 e. The van der Waals surface area contributed by atoms with Gasteiger partial charge in [0.05, 0.1) is 6.54 Å². The highest BCUT2D eigenvalue weighted by Crippen LogP contribution is 2.29. The molecule has 1 fully saturated rings. The van der Waals surface area contributed by atoms with Crippen LogP contribution in [0.1, 0.15) is 5.56 Å². The predicted octanol–water partition coefficient (Wildman–Crippen LogP) is -0.0364. The summed E-state index contributed by atoms with van der Waals surface area (Å²) in [5.41, 5.74) is -1.21. The molecule has 1 aromatic carbocycles. The van der Waals surface area contributed by atoms with Gasteiger partial charge in [0.15, 0.2) is 12.2 Å². The first-order valence-corrected chi connectivity index (χ1v) is 9.97. The number of hydrogen-bond donors (Lipinski definition) is 1. The Labute approximate surface area is 187 Å². The minimum atomic E-state index is -0.838. The summed E-state index contributed by atoms with van der Waals surface area (Å²) >= 11 is 0. The second-order valence-corrected chi connectivity index (χ2v) is 7.78. The van der Waals surface area contributed by atoms with Crippen LogP contribution in [0.2, 0.25) is 0 Å². The lowest BCUT2D eigenvalue weighted by atomic mass is 10.1. The van der Waals surface area contributed by atoms with Crippen molar-refractivity contribution < 1.29 is 14.7 Å². The van der Waals surface area contributed by atoms with Crippen LogP contribution < -0.4 is 11.2 Å². The van der Waals surface area contributed by atoms with E-state index in [0.29, 0.717) is 0 Å². The van der Waals surface area contributed by atoms with E-state index in [-0.39, 0.29) is 12.5 Å². The molecule has 2 aliphatic rings. The molecule has 4 rings (SSSR count). The van der Waals surface area contributed by atoms with Crippen LogP contribution >= 0.6 is 0 Å². The van der Waals surface area contributed by atoms with Gasteiger partial charge in [0, 0.05) is 28.2 Å². The Bertz CT molecular complexity index is 1310. The van der Waals surface area contributed by atoms with Gasteiger partial charge in [-0.1, -0.05) is 30.3 Å². The summed E-state index contributed by atoms with van der Waals surface area (Å²) < 4.78 is 1.64. The van der Waals surface area contributed by atoms with Crippen LogP contribution in [0.5, 0.6) is 5.88 Å². The van der Waals surface area contributed by atoms with E-state index in [1.165, 1.54) is 30.9 Å². The van der Waals surface area contributed by atoms with Gasteiger partial charge < -0.3 is 14.9 Å². The fraction of sp³-hybridized carbons (Fsp3) is 0.350. The van der Waals surface area contributed by atoms with Crippen LogP contribution in [0.25, 0.3) is 0 Å². The third-order valence-electron chi connectivity index (χ3n) is 5.74. The van der Waals surface area contributed by atoms with Crippen molar-refractivity contribution in [1.82, 2.24) is 23.8 Å². The van der Waals surface area contributed by atoms with Gasteiger partial charge in [-0.25, -0.2) is 14.6 Å². The maximum absolute atomic E-state index is 13.2. The van der Waals surface area contributed by atoms with Gasteiger partial charge in [-0.3, -0.25) is 23.6 Å². The van der Waals surface area contributed by atoms with Crippen molar-refractivity contribution in [2.75, 3.05) is 14.1 Å². The number of rotatable bonds is 3. The Kier molecular flexibility index (Phi) is 5.31. The fourth-order valence-electron chi connectivity index (χ4n) is 3.76. The zero-order valence-electron chi connectivity index (χ0n) is 18.4. The molecule has 2 unspecified atom stereocenters. The molecular formula is C20H22N8O5. The molecule has 0 bridgehead atoms. The number of carbonyl (C=O) groups excluding carboxylic acids is 2. The van der Waals surface area contributed by atoms with Gasteiger partial charge in [0.1, 0.15) is 0 Å².